The average Bonchev–Trinajstić information content (AvgIpc) is 2.45. The Morgan fingerprint density at radius 1 is 1.33 bits per heavy atom. The van der Waals surface area contributed by atoms with E-state index in [1.165, 1.54) is 0 Å². The minimum Gasteiger partial charge on any atom is -0.294 e. The monoisotopic (exact) mass is 225 g/mol. The van der Waals surface area contributed by atoms with Crippen molar-refractivity contribution in [2.75, 3.05) is 0 Å². The highest BCUT2D eigenvalue weighted by atomic mass is 32.1. The zero-order valence-corrected chi connectivity index (χ0v) is 11.2. The first-order chi connectivity index (χ1) is 6.73. The summed E-state index contributed by atoms with van der Waals surface area (Å²) in [6.07, 6.45) is 0. The van der Waals surface area contributed by atoms with Gasteiger partial charge in [-0.1, -0.05) is 34.6 Å². The topological polar surface area (TPSA) is 30.0 Å². The van der Waals surface area contributed by atoms with E-state index in [-0.39, 0.29) is 11.2 Å². The van der Waals surface area contributed by atoms with Crippen LogP contribution in [0.4, 0.5) is 0 Å². The average molecular weight is 225 g/mol. The molecule has 84 valence electrons. The molecule has 0 aliphatic carbocycles. The molecular formula is C12H19NOS. The van der Waals surface area contributed by atoms with Crippen molar-refractivity contribution in [1.82, 2.24) is 4.98 Å². The SMILES string of the molecule is CC(=O)c1sc(C(C)(C)C)nc1C(C)C. The summed E-state index contributed by atoms with van der Waals surface area (Å²) in [7, 11) is 0. The van der Waals surface area contributed by atoms with Crippen molar-refractivity contribution in [2.45, 2.75) is 52.9 Å². The molecule has 15 heavy (non-hydrogen) atoms. The van der Waals surface area contributed by atoms with Crippen molar-refractivity contribution in [1.29, 1.82) is 0 Å². The summed E-state index contributed by atoms with van der Waals surface area (Å²) in [5.74, 6) is 0.447. The number of hydrogen-bond acceptors (Lipinski definition) is 3. The van der Waals surface area contributed by atoms with Crippen molar-refractivity contribution in [3.8, 4) is 0 Å². The van der Waals surface area contributed by atoms with Crippen LogP contribution >= 0.6 is 11.3 Å². The van der Waals surface area contributed by atoms with Crippen LogP contribution < -0.4 is 0 Å². The predicted molar refractivity (Wildman–Crippen MR) is 64.9 cm³/mol. The van der Waals surface area contributed by atoms with Crippen LogP contribution in [0.15, 0.2) is 0 Å². The lowest BCUT2D eigenvalue weighted by Gasteiger charge is -2.13. The Labute approximate surface area is 95.7 Å². The molecule has 3 heteroatoms. The Morgan fingerprint density at radius 2 is 1.87 bits per heavy atom. The molecule has 0 saturated carbocycles. The second-order valence-electron chi connectivity index (χ2n) is 5.19. The van der Waals surface area contributed by atoms with Crippen molar-refractivity contribution in [3.63, 3.8) is 0 Å². The number of Topliss-reactive ketones (excluding diaryl/α,β-unsaturated/α-hetero) is 1. The molecule has 0 atom stereocenters. The van der Waals surface area contributed by atoms with E-state index in [1.807, 2.05) is 0 Å². The molecule has 0 amide bonds. The maximum Gasteiger partial charge on any atom is 0.171 e. The molecule has 1 aromatic heterocycles. The largest absolute Gasteiger partial charge is 0.294 e. The molecule has 0 unspecified atom stereocenters. The highest BCUT2D eigenvalue weighted by Gasteiger charge is 2.24. The molecule has 0 aromatic carbocycles. The van der Waals surface area contributed by atoms with Gasteiger partial charge in [-0.2, -0.15) is 0 Å². The van der Waals surface area contributed by atoms with Crippen LogP contribution in [0.5, 0.6) is 0 Å². The Morgan fingerprint density at radius 3 is 2.13 bits per heavy atom. The second kappa shape index (κ2) is 4.05. The number of nitrogens with zero attached hydrogens (tertiary/aromatic N) is 1. The highest BCUT2D eigenvalue weighted by Crippen LogP contribution is 2.32. The Kier molecular flexibility index (Phi) is 3.34. The van der Waals surface area contributed by atoms with Crippen molar-refractivity contribution >= 4 is 17.1 Å². The first-order valence-electron chi connectivity index (χ1n) is 5.25. The number of thiazole rings is 1. The number of carbonyl (C=O) groups is 1. The molecule has 0 fully saturated rings. The van der Waals surface area contributed by atoms with Crippen molar-refractivity contribution in [2.24, 2.45) is 0 Å². The third kappa shape index (κ3) is 2.65. The van der Waals surface area contributed by atoms with Gasteiger partial charge in [0, 0.05) is 12.3 Å². The first-order valence-corrected chi connectivity index (χ1v) is 6.07. The van der Waals surface area contributed by atoms with E-state index in [0.717, 1.165) is 15.6 Å². The molecule has 0 saturated heterocycles. The molecule has 0 N–H and O–H groups in total. The van der Waals surface area contributed by atoms with Gasteiger partial charge in [0.15, 0.2) is 5.78 Å². The fourth-order valence-corrected chi connectivity index (χ4v) is 2.47. The third-order valence-electron chi connectivity index (χ3n) is 2.16. The summed E-state index contributed by atoms with van der Waals surface area (Å²) in [5, 5.41) is 1.05. The van der Waals surface area contributed by atoms with Gasteiger partial charge in [0.2, 0.25) is 0 Å². The van der Waals surface area contributed by atoms with Crippen LogP contribution in [0.3, 0.4) is 0 Å². The van der Waals surface area contributed by atoms with Gasteiger partial charge < -0.3 is 0 Å². The van der Waals surface area contributed by atoms with E-state index < -0.39 is 0 Å². The van der Waals surface area contributed by atoms with E-state index in [4.69, 9.17) is 0 Å². The summed E-state index contributed by atoms with van der Waals surface area (Å²) in [5.41, 5.74) is 0.986. The number of aromatic nitrogens is 1. The molecule has 1 heterocycles. The van der Waals surface area contributed by atoms with E-state index in [2.05, 4.69) is 39.6 Å². The van der Waals surface area contributed by atoms with Crippen molar-refractivity contribution < 1.29 is 4.79 Å². The normalized spacial score (nSPS) is 12.2. The molecular weight excluding hydrogens is 206 g/mol. The molecule has 1 aromatic rings. The van der Waals surface area contributed by atoms with Crippen LogP contribution in [0.1, 0.15) is 67.8 Å². The predicted octanol–water partition coefficient (Wildman–Crippen LogP) is 3.77. The smallest absolute Gasteiger partial charge is 0.171 e. The minimum absolute atomic E-state index is 0.0298. The molecule has 1 rings (SSSR count). The standard InChI is InChI=1S/C12H19NOS/c1-7(2)9-10(8(3)14)15-11(13-9)12(4,5)6/h7H,1-6H3. The molecule has 0 aliphatic heterocycles. The number of carbonyl (C=O) groups excluding carboxylic acids is 1. The van der Waals surface area contributed by atoms with Gasteiger partial charge in [0.1, 0.15) is 0 Å². The van der Waals surface area contributed by atoms with E-state index in [0.29, 0.717) is 5.92 Å². The Bertz CT molecular complexity index is 371. The van der Waals surface area contributed by atoms with Crippen LogP contribution in [0.2, 0.25) is 0 Å². The lowest BCUT2D eigenvalue weighted by molar-refractivity contribution is 0.102. The van der Waals surface area contributed by atoms with E-state index in [1.54, 1.807) is 18.3 Å². The summed E-state index contributed by atoms with van der Waals surface area (Å²) < 4.78 is 0. The maximum absolute atomic E-state index is 11.5. The molecule has 0 radical (unpaired) electrons. The molecule has 0 aliphatic rings. The molecule has 0 spiro atoms. The van der Waals surface area contributed by atoms with E-state index in [9.17, 15) is 4.79 Å². The first kappa shape index (κ1) is 12.4. The summed E-state index contributed by atoms with van der Waals surface area (Å²) in [6, 6.07) is 0. The number of ketones is 1. The van der Waals surface area contributed by atoms with Crippen LogP contribution in [-0.4, -0.2) is 10.8 Å². The van der Waals surface area contributed by atoms with Gasteiger partial charge in [-0.25, -0.2) is 4.98 Å². The highest BCUT2D eigenvalue weighted by molar-refractivity contribution is 7.14. The zero-order valence-electron chi connectivity index (χ0n) is 10.3. The van der Waals surface area contributed by atoms with Crippen LogP contribution in [0, 0.1) is 0 Å². The molecule has 2 nitrogen and oxygen atoms in total. The van der Waals surface area contributed by atoms with Crippen LogP contribution in [0.25, 0.3) is 0 Å². The Balaban J connectivity index is 3.28. The lowest BCUT2D eigenvalue weighted by atomic mass is 9.98. The van der Waals surface area contributed by atoms with Crippen LogP contribution in [-0.2, 0) is 5.41 Å². The van der Waals surface area contributed by atoms with Gasteiger partial charge in [0.05, 0.1) is 15.6 Å². The summed E-state index contributed by atoms with van der Waals surface area (Å²) in [6.45, 7) is 12.1. The molecule has 0 bridgehead atoms. The van der Waals surface area contributed by atoms with E-state index >= 15 is 0 Å². The van der Waals surface area contributed by atoms with Gasteiger partial charge in [0.25, 0.3) is 0 Å². The van der Waals surface area contributed by atoms with Gasteiger partial charge >= 0.3 is 0 Å². The maximum atomic E-state index is 11.5. The zero-order chi connectivity index (χ0) is 11.8. The van der Waals surface area contributed by atoms with Crippen molar-refractivity contribution in [3.05, 3.63) is 15.6 Å². The quantitative estimate of drug-likeness (QED) is 0.717. The summed E-state index contributed by atoms with van der Waals surface area (Å²) in [4.78, 5) is 16.9. The van der Waals surface area contributed by atoms with Gasteiger partial charge in [-0.3, -0.25) is 4.79 Å². The number of hydrogen-bond donors (Lipinski definition) is 0. The van der Waals surface area contributed by atoms with Gasteiger partial charge in [-0.05, 0) is 5.92 Å². The Hall–Kier alpha value is -0.700. The summed E-state index contributed by atoms with van der Waals surface area (Å²) >= 11 is 1.54. The minimum atomic E-state index is 0.0298. The fraction of sp³-hybridized carbons (Fsp3) is 0.667. The third-order valence-corrected chi connectivity index (χ3v) is 3.76. The second-order valence-corrected chi connectivity index (χ2v) is 6.19. The fourth-order valence-electron chi connectivity index (χ4n) is 1.30. The number of rotatable bonds is 2. The lowest BCUT2D eigenvalue weighted by Crippen LogP contribution is -2.10. The van der Waals surface area contributed by atoms with Gasteiger partial charge in [-0.15, -0.1) is 11.3 Å².